The van der Waals surface area contributed by atoms with Crippen LogP contribution in [0.3, 0.4) is 0 Å². The zero-order chi connectivity index (χ0) is 6.57. The molecule has 0 N–H and O–H groups in total. The number of thiocarbonyl (C=S) groups is 1. The number of hydrogen-bond acceptors (Lipinski definition) is 2. The van der Waals surface area contributed by atoms with Gasteiger partial charge in [0.05, 0.1) is 6.61 Å². The van der Waals surface area contributed by atoms with Gasteiger partial charge in [-0.25, -0.2) is 0 Å². The Morgan fingerprint density at radius 2 is 2.11 bits per heavy atom. The Morgan fingerprint density at radius 1 is 1.67 bits per heavy atom. The van der Waals surface area contributed by atoms with Crippen LogP contribution in [0.25, 0.3) is 0 Å². The maximum atomic E-state index is 4.90. The van der Waals surface area contributed by atoms with E-state index in [2.05, 4.69) is 38.7 Å². The molecule has 0 unspecified atom stereocenters. The fourth-order valence-corrected chi connectivity index (χ4v) is 0.381. The zero-order valence-corrected chi connectivity index (χ0v) is 10.4. The summed E-state index contributed by atoms with van der Waals surface area (Å²) in [6, 6.07) is 0. The van der Waals surface area contributed by atoms with Gasteiger partial charge in [-0.1, -0.05) is 26.5 Å². The number of ether oxygens (including phenoxy) is 1. The molecule has 9 heavy (non-hydrogen) atoms. The summed E-state index contributed by atoms with van der Waals surface area (Å²) >= 11 is 8.34. The quantitative estimate of drug-likeness (QED) is 0.428. The van der Waals surface area contributed by atoms with Gasteiger partial charge in [0.2, 0.25) is 4.38 Å². The van der Waals surface area contributed by atoms with E-state index < -0.39 is 0 Å². The fourth-order valence-electron chi connectivity index (χ4n) is 0.238. The molecule has 0 aliphatic carbocycles. The van der Waals surface area contributed by atoms with Crippen molar-refractivity contribution in [3.05, 3.63) is 0 Å². The molecule has 0 spiro atoms. The average molecular weight is 216 g/mol. The van der Waals surface area contributed by atoms with Crippen LogP contribution in [0.15, 0.2) is 0 Å². The van der Waals surface area contributed by atoms with Gasteiger partial charge in [0.1, 0.15) is 0 Å². The van der Waals surface area contributed by atoms with Crippen LogP contribution in [0.5, 0.6) is 0 Å². The van der Waals surface area contributed by atoms with Crippen molar-refractivity contribution in [1.82, 2.24) is 0 Å². The standard InChI is InChI=1S/C5H10OS2.Zn/c1-4(2)3-6-5(7)8;/h4H,3H2,1-2H3,(H,7,8);/q;+2. The van der Waals surface area contributed by atoms with Crippen molar-refractivity contribution in [1.29, 1.82) is 0 Å². The summed E-state index contributed by atoms with van der Waals surface area (Å²) in [4.78, 5) is 0. The molecule has 0 radical (unpaired) electrons. The third kappa shape index (κ3) is 12.1. The summed E-state index contributed by atoms with van der Waals surface area (Å²) < 4.78 is 5.23. The van der Waals surface area contributed by atoms with Crippen LogP contribution in [-0.4, -0.2) is 11.0 Å². The van der Waals surface area contributed by atoms with Crippen LogP contribution >= 0.6 is 24.8 Å². The van der Waals surface area contributed by atoms with E-state index in [0.29, 0.717) is 16.9 Å². The SMILES string of the molecule is CC(C)COC(=S)S.[Zn+2]. The zero-order valence-electron chi connectivity index (χ0n) is 5.76. The molecule has 0 aliphatic heterocycles. The Hall–Kier alpha value is 0.863. The van der Waals surface area contributed by atoms with Crippen LogP contribution < -0.4 is 0 Å². The molecular formula is C5H10OS2Zn+2. The van der Waals surface area contributed by atoms with E-state index in [1.54, 1.807) is 0 Å². The van der Waals surface area contributed by atoms with E-state index in [-0.39, 0.29) is 19.5 Å². The summed E-state index contributed by atoms with van der Waals surface area (Å²) in [6.07, 6.45) is 0. The summed E-state index contributed by atoms with van der Waals surface area (Å²) in [5.74, 6) is 0.528. The first-order valence-electron chi connectivity index (χ1n) is 2.48. The molecule has 1 nitrogen and oxygen atoms in total. The molecule has 0 aromatic heterocycles. The minimum atomic E-state index is 0. The number of rotatable bonds is 2. The van der Waals surface area contributed by atoms with Crippen molar-refractivity contribution < 1.29 is 24.2 Å². The summed E-state index contributed by atoms with van der Waals surface area (Å²) in [7, 11) is 0. The smallest absolute Gasteiger partial charge is 0.478 e. The van der Waals surface area contributed by atoms with Gasteiger partial charge in [0, 0.05) is 0 Å². The van der Waals surface area contributed by atoms with Crippen LogP contribution in [0.1, 0.15) is 13.8 Å². The van der Waals surface area contributed by atoms with E-state index in [0.717, 1.165) is 0 Å². The normalized spacial score (nSPS) is 8.44. The molecule has 0 aliphatic rings. The minimum Gasteiger partial charge on any atom is -0.478 e. The van der Waals surface area contributed by atoms with Crippen molar-refractivity contribution in [2.45, 2.75) is 13.8 Å². The summed E-state index contributed by atoms with van der Waals surface area (Å²) in [6.45, 7) is 4.79. The molecule has 0 saturated heterocycles. The summed E-state index contributed by atoms with van der Waals surface area (Å²) in [5, 5.41) is 0. The van der Waals surface area contributed by atoms with Crippen LogP contribution in [-0.2, 0) is 24.2 Å². The maximum Gasteiger partial charge on any atom is 2.00 e. The second kappa shape index (κ2) is 6.98. The van der Waals surface area contributed by atoms with Gasteiger partial charge in [-0.15, -0.1) is 0 Å². The van der Waals surface area contributed by atoms with Crippen LogP contribution in [0.2, 0.25) is 0 Å². The molecule has 0 saturated carbocycles. The Kier molecular flexibility index (Phi) is 9.71. The van der Waals surface area contributed by atoms with Gasteiger partial charge in [0.15, 0.2) is 0 Å². The van der Waals surface area contributed by atoms with Gasteiger partial charge in [0.25, 0.3) is 0 Å². The van der Waals surface area contributed by atoms with E-state index >= 15 is 0 Å². The fraction of sp³-hybridized carbons (Fsp3) is 0.800. The van der Waals surface area contributed by atoms with Gasteiger partial charge >= 0.3 is 19.5 Å². The molecule has 0 atom stereocenters. The molecule has 0 amide bonds. The van der Waals surface area contributed by atoms with Gasteiger partial charge in [-0.2, -0.15) is 0 Å². The first kappa shape index (κ1) is 12.5. The van der Waals surface area contributed by atoms with Gasteiger partial charge in [-0.05, 0) is 18.1 Å². The molecule has 0 aromatic carbocycles. The van der Waals surface area contributed by atoms with Crippen molar-refractivity contribution in [2.24, 2.45) is 5.92 Å². The predicted octanol–water partition coefficient (Wildman–Crippen LogP) is 1.87. The number of thiol groups is 1. The Balaban J connectivity index is 0. The topological polar surface area (TPSA) is 9.23 Å². The summed E-state index contributed by atoms with van der Waals surface area (Å²) in [5.41, 5.74) is 0. The molecule has 0 aromatic rings. The second-order valence-electron chi connectivity index (χ2n) is 1.97. The molecule has 0 bridgehead atoms. The largest absolute Gasteiger partial charge is 2.00 e. The Morgan fingerprint density at radius 3 is 2.22 bits per heavy atom. The van der Waals surface area contributed by atoms with Crippen molar-refractivity contribution in [2.75, 3.05) is 6.61 Å². The van der Waals surface area contributed by atoms with E-state index in [4.69, 9.17) is 4.74 Å². The van der Waals surface area contributed by atoms with E-state index in [1.165, 1.54) is 0 Å². The van der Waals surface area contributed by atoms with Gasteiger partial charge in [-0.3, -0.25) is 0 Å². The third-order valence-corrected chi connectivity index (χ3v) is 0.787. The molecule has 0 heterocycles. The Labute approximate surface area is 79.7 Å². The average Bonchev–Trinajstić information content (AvgIpc) is 1.61. The van der Waals surface area contributed by atoms with Crippen LogP contribution in [0, 0.1) is 5.92 Å². The molecule has 4 heteroatoms. The molecule has 0 rings (SSSR count). The monoisotopic (exact) mass is 214 g/mol. The second-order valence-corrected chi connectivity index (χ2v) is 3.05. The molecular weight excluding hydrogens is 206 g/mol. The third-order valence-electron chi connectivity index (χ3n) is 0.540. The predicted molar refractivity (Wildman–Crippen MR) is 42.4 cm³/mol. The minimum absolute atomic E-state index is 0. The first-order chi connectivity index (χ1) is 3.63. The number of hydrogen-bond donors (Lipinski definition) is 1. The Bertz CT molecular complexity index is 85.0. The van der Waals surface area contributed by atoms with Crippen molar-refractivity contribution >= 4 is 29.2 Å². The maximum absolute atomic E-state index is 4.90. The van der Waals surface area contributed by atoms with Crippen LogP contribution in [0.4, 0.5) is 0 Å². The van der Waals surface area contributed by atoms with Gasteiger partial charge < -0.3 is 4.74 Å². The molecule has 48 valence electrons. The molecule has 0 fully saturated rings. The van der Waals surface area contributed by atoms with Crippen molar-refractivity contribution in [3.8, 4) is 0 Å². The van der Waals surface area contributed by atoms with E-state index in [9.17, 15) is 0 Å². The first-order valence-corrected chi connectivity index (χ1v) is 3.34. The van der Waals surface area contributed by atoms with Crippen molar-refractivity contribution in [3.63, 3.8) is 0 Å². The van der Waals surface area contributed by atoms with E-state index in [1.807, 2.05) is 0 Å².